The maximum absolute atomic E-state index is 13.4. The Balaban J connectivity index is 1.30. The summed E-state index contributed by atoms with van der Waals surface area (Å²) >= 11 is 1.02. The van der Waals surface area contributed by atoms with Crippen LogP contribution in [0.25, 0.3) is 0 Å². The van der Waals surface area contributed by atoms with Gasteiger partial charge in [-0.15, -0.1) is 5.10 Å². The Morgan fingerprint density at radius 2 is 1.84 bits per heavy atom. The molecule has 38 heavy (non-hydrogen) atoms. The molecule has 2 saturated carbocycles. The minimum absolute atomic E-state index is 0.204. The maximum atomic E-state index is 13.4. The van der Waals surface area contributed by atoms with Crippen LogP contribution in [0, 0.1) is 5.41 Å². The summed E-state index contributed by atoms with van der Waals surface area (Å²) in [6.07, 6.45) is 4.09. The second-order valence-electron chi connectivity index (χ2n) is 10.4. The fourth-order valence-corrected chi connectivity index (χ4v) is 6.53. The summed E-state index contributed by atoms with van der Waals surface area (Å²) in [5, 5.41) is 20.1. The number of nitrogens with zero attached hydrogens (tertiary/aromatic N) is 3. The summed E-state index contributed by atoms with van der Waals surface area (Å²) in [6.45, 7) is 1.01. The Hall–Kier alpha value is -2.58. The van der Waals surface area contributed by atoms with Crippen molar-refractivity contribution in [3.05, 3.63) is 23.8 Å². The number of aromatic nitrogens is 2. The van der Waals surface area contributed by atoms with Crippen molar-refractivity contribution in [3.8, 4) is 5.19 Å². The van der Waals surface area contributed by atoms with E-state index < -0.39 is 34.2 Å². The number of aliphatic hydroxyl groups is 1. The number of carbonyl (C=O) groups excluding carboxylic acids is 1. The van der Waals surface area contributed by atoms with Gasteiger partial charge < -0.3 is 14.7 Å². The van der Waals surface area contributed by atoms with Gasteiger partial charge in [-0.2, -0.15) is 0 Å². The topological polar surface area (TPSA) is 134 Å². The van der Waals surface area contributed by atoms with Gasteiger partial charge in [-0.1, -0.05) is 5.10 Å². The van der Waals surface area contributed by atoms with Crippen LogP contribution in [-0.2, 0) is 10.0 Å². The van der Waals surface area contributed by atoms with E-state index in [1.807, 2.05) is 0 Å². The Morgan fingerprint density at radius 3 is 2.50 bits per heavy atom. The molecule has 3 fully saturated rings. The average molecular weight is 572 g/mol. The van der Waals surface area contributed by atoms with E-state index >= 15 is 0 Å². The predicted molar refractivity (Wildman–Crippen MR) is 140 cm³/mol. The van der Waals surface area contributed by atoms with Gasteiger partial charge in [0.1, 0.15) is 6.10 Å². The van der Waals surface area contributed by atoms with Gasteiger partial charge in [0.2, 0.25) is 21.1 Å². The molecule has 5 rings (SSSR count). The number of anilines is 3. The molecule has 208 valence electrons. The monoisotopic (exact) mass is 571 g/mol. The number of nitrogens with one attached hydrogen (secondary N) is 2. The summed E-state index contributed by atoms with van der Waals surface area (Å²) in [4.78, 5) is 15.4. The molecule has 0 unspecified atom stereocenters. The number of alkyl halides is 2. The average Bonchev–Trinajstić information content (AvgIpc) is 3.47. The van der Waals surface area contributed by atoms with Crippen LogP contribution in [0.2, 0.25) is 0 Å². The van der Waals surface area contributed by atoms with Gasteiger partial charge in [0.05, 0.1) is 29.3 Å². The smallest absolute Gasteiger partial charge is 0.296 e. The molecule has 0 radical (unpaired) electrons. The fourth-order valence-electron chi connectivity index (χ4n) is 5.04. The van der Waals surface area contributed by atoms with Crippen LogP contribution in [0.15, 0.2) is 18.2 Å². The van der Waals surface area contributed by atoms with Crippen LogP contribution in [-0.4, -0.2) is 67.1 Å². The molecule has 2 heterocycles. The van der Waals surface area contributed by atoms with Crippen molar-refractivity contribution in [2.45, 2.75) is 63.4 Å². The number of ether oxygens (including phenoxy) is 1. The van der Waals surface area contributed by atoms with E-state index in [2.05, 4.69) is 25.1 Å². The summed E-state index contributed by atoms with van der Waals surface area (Å²) < 4.78 is 59.4. The maximum Gasteiger partial charge on any atom is 0.296 e. The number of hydrogen-bond acceptors (Lipinski definition) is 9. The van der Waals surface area contributed by atoms with Crippen molar-refractivity contribution in [2.75, 3.05) is 40.4 Å². The van der Waals surface area contributed by atoms with E-state index in [9.17, 15) is 22.0 Å². The van der Waals surface area contributed by atoms with Crippen molar-refractivity contribution in [3.63, 3.8) is 0 Å². The zero-order valence-corrected chi connectivity index (χ0v) is 22.4. The van der Waals surface area contributed by atoms with Gasteiger partial charge in [-0.3, -0.25) is 14.8 Å². The highest BCUT2D eigenvalue weighted by Gasteiger charge is 2.44. The minimum Gasteiger partial charge on any atom is -0.466 e. The number of halogens is 2. The van der Waals surface area contributed by atoms with Crippen LogP contribution in [0.3, 0.4) is 0 Å². The SMILES string of the molecule is O=C(Nc1nnc(OC2CCC(F)(F)CC2)s1)c1ccc(NS(=O)(=O)CCO)cc1N1CCC2(CC1)CC2. The summed E-state index contributed by atoms with van der Waals surface area (Å²) in [7, 11) is -3.73. The lowest BCUT2D eigenvalue weighted by Gasteiger charge is -2.35. The number of aliphatic hydroxyl groups excluding tert-OH is 1. The van der Waals surface area contributed by atoms with Crippen molar-refractivity contribution in [1.29, 1.82) is 0 Å². The second-order valence-corrected chi connectivity index (χ2v) is 13.1. The Bertz CT molecular complexity index is 1260. The molecule has 1 saturated heterocycles. The number of piperidine rings is 1. The predicted octanol–water partition coefficient (Wildman–Crippen LogP) is 3.86. The number of carbonyl (C=O) groups is 1. The first-order chi connectivity index (χ1) is 18.1. The Labute approximate surface area is 223 Å². The third-order valence-corrected chi connectivity index (χ3v) is 9.55. The number of sulfonamides is 1. The van der Waals surface area contributed by atoms with E-state index in [1.165, 1.54) is 18.9 Å². The van der Waals surface area contributed by atoms with Crippen molar-refractivity contribution >= 4 is 43.8 Å². The fraction of sp³-hybridized carbons (Fsp3) is 0.625. The zero-order valence-electron chi connectivity index (χ0n) is 20.8. The highest BCUT2D eigenvalue weighted by atomic mass is 32.2. The lowest BCUT2D eigenvalue weighted by atomic mass is 9.93. The first-order valence-electron chi connectivity index (χ1n) is 12.8. The Kier molecular flexibility index (Phi) is 7.48. The molecule has 10 nitrogen and oxygen atoms in total. The third-order valence-electron chi connectivity index (χ3n) is 7.56. The highest BCUT2D eigenvalue weighted by molar-refractivity contribution is 7.92. The van der Waals surface area contributed by atoms with E-state index in [-0.39, 0.29) is 42.1 Å². The van der Waals surface area contributed by atoms with Gasteiger partial charge in [0.25, 0.3) is 11.1 Å². The van der Waals surface area contributed by atoms with E-state index in [0.717, 1.165) is 37.3 Å². The van der Waals surface area contributed by atoms with E-state index in [1.54, 1.807) is 12.1 Å². The third kappa shape index (κ3) is 6.52. The largest absolute Gasteiger partial charge is 0.466 e. The van der Waals surface area contributed by atoms with Gasteiger partial charge in [-0.25, -0.2) is 17.2 Å². The van der Waals surface area contributed by atoms with E-state index in [0.29, 0.717) is 22.4 Å². The normalized spacial score (nSPS) is 20.8. The number of benzene rings is 1. The lowest BCUT2D eigenvalue weighted by Crippen LogP contribution is -2.35. The van der Waals surface area contributed by atoms with Crippen LogP contribution in [0.4, 0.5) is 25.3 Å². The van der Waals surface area contributed by atoms with Crippen LogP contribution >= 0.6 is 11.3 Å². The summed E-state index contributed by atoms with van der Waals surface area (Å²) in [5.41, 5.74) is 1.68. The second kappa shape index (κ2) is 10.5. The van der Waals surface area contributed by atoms with Gasteiger partial charge in [0.15, 0.2) is 0 Å². The number of amides is 1. The standard InChI is InChI=1S/C24H31F2N5O5S2/c25-24(26)5-3-17(4-6-24)36-22-29-28-21(37-22)27-20(33)18-2-1-16(30-38(34,35)14-13-32)15-19(18)31-11-9-23(7-8-23)10-12-31/h1-2,15,17,30,32H,3-14H2,(H,27,28,33). The molecule has 1 aromatic carbocycles. The van der Waals surface area contributed by atoms with Crippen LogP contribution in [0.1, 0.15) is 61.7 Å². The minimum atomic E-state index is -3.73. The molecule has 2 aliphatic carbocycles. The quantitative estimate of drug-likeness (QED) is 0.413. The van der Waals surface area contributed by atoms with Gasteiger partial charge >= 0.3 is 0 Å². The van der Waals surface area contributed by atoms with Crippen molar-refractivity contribution in [2.24, 2.45) is 5.41 Å². The number of rotatable bonds is 9. The molecular formula is C24H31F2N5O5S2. The highest BCUT2D eigenvalue weighted by Crippen LogP contribution is 2.54. The first-order valence-corrected chi connectivity index (χ1v) is 15.2. The Morgan fingerprint density at radius 1 is 1.13 bits per heavy atom. The summed E-state index contributed by atoms with van der Waals surface area (Å²) in [5.74, 6) is -3.52. The van der Waals surface area contributed by atoms with Crippen LogP contribution < -0.4 is 19.7 Å². The van der Waals surface area contributed by atoms with Gasteiger partial charge in [0, 0.05) is 25.9 Å². The van der Waals surface area contributed by atoms with Gasteiger partial charge in [-0.05, 0) is 73.5 Å². The molecule has 3 N–H and O–H groups in total. The molecule has 1 spiro atoms. The van der Waals surface area contributed by atoms with E-state index in [4.69, 9.17) is 9.84 Å². The molecule has 2 aromatic rings. The molecule has 1 aromatic heterocycles. The molecule has 1 amide bonds. The molecule has 3 aliphatic rings. The molecule has 1 aliphatic heterocycles. The van der Waals surface area contributed by atoms with Crippen molar-refractivity contribution in [1.82, 2.24) is 10.2 Å². The molecular weight excluding hydrogens is 540 g/mol. The molecule has 0 bridgehead atoms. The van der Waals surface area contributed by atoms with Crippen LogP contribution in [0.5, 0.6) is 5.19 Å². The molecule has 14 heteroatoms. The first kappa shape index (κ1) is 27.0. The summed E-state index contributed by atoms with van der Waals surface area (Å²) in [6, 6.07) is 4.71. The van der Waals surface area contributed by atoms with Crippen molar-refractivity contribution < 1.29 is 31.8 Å². The zero-order chi connectivity index (χ0) is 27.0. The number of hydrogen-bond donors (Lipinski definition) is 3. The lowest BCUT2D eigenvalue weighted by molar-refractivity contribution is -0.0583. The molecule has 0 atom stereocenters.